The maximum absolute atomic E-state index is 13.1. The highest BCUT2D eigenvalue weighted by atomic mass is 16.5. The maximum Gasteiger partial charge on any atom is 0.257 e. The van der Waals surface area contributed by atoms with Crippen LogP contribution in [-0.4, -0.2) is 64.7 Å². The van der Waals surface area contributed by atoms with Gasteiger partial charge < -0.3 is 14.5 Å². The summed E-state index contributed by atoms with van der Waals surface area (Å²) in [6.07, 6.45) is 11.9. The van der Waals surface area contributed by atoms with Crippen LogP contribution in [0.15, 0.2) is 36.7 Å². The molecule has 2 amide bonds. The van der Waals surface area contributed by atoms with E-state index in [4.69, 9.17) is 4.74 Å². The molecule has 0 radical (unpaired) electrons. The Balaban J connectivity index is 1.42. The van der Waals surface area contributed by atoms with Gasteiger partial charge in [-0.15, -0.1) is 0 Å². The van der Waals surface area contributed by atoms with Gasteiger partial charge in [0.25, 0.3) is 5.91 Å². The predicted molar refractivity (Wildman–Crippen MR) is 136 cm³/mol. The van der Waals surface area contributed by atoms with Crippen LogP contribution in [0.4, 0.5) is 0 Å². The second-order valence-electron chi connectivity index (χ2n) is 10.3. The Morgan fingerprint density at radius 1 is 1.09 bits per heavy atom. The summed E-state index contributed by atoms with van der Waals surface area (Å²) in [7, 11) is 1.94. The van der Waals surface area contributed by atoms with Crippen LogP contribution in [0.3, 0.4) is 0 Å². The fraction of sp³-hybridized carbons (Fsp3) is 0.607. The lowest BCUT2D eigenvalue weighted by molar-refractivity contribution is -0.132. The van der Waals surface area contributed by atoms with Crippen LogP contribution >= 0.6 is 0 Å². The zero-order chi connectivity index (χ0) is 24.7. The van der Waals surface area contributed by atoms with Crippen molar-refractivity contribution in [3.8, 4) is 5.75 Å². The summed E-state index contributed by atoms with van der Waals surface area (Å²) in [6.45, 7) is 5.72. The number of likely N-dealkylation sites (tertiary alicyclic amines) is 1. The first-order chi connectivity index (χ1) is 17.0. The van der Waals surface area contributed by atoms with Crippen molar-refractivity contribution in [1.82, 2.24) is 19.6 Å². The highest BCUT2D eigenvalue weighted by molar-refractivity contribution is 5.93. The summed E-state index contributed by atoms with van der Waals surface area (Å²) >= 11 is 0. The molecule has 0 N–H and O–H groups in total. The third-order valence-electron chi connectivity index (χ3n) is 7.61. The monoisotopic (exact) mass is 480 g/mol. The lowest BCUT2D eigenvalue weighted by Crippen LogP contribution is -2.48. The molecule has 7 heteroatoms. The largest absolute Gasteiger partial charge is 0.493 e. The van der Waals surface area contributed by atoms with E-state index in [0.29, 0.717) is 18.6 Å². The van der Waals surface area contributed by atoms with Gasteiger partial charge in [0.1, 0.15) is 5.75 Å². The molecule has 3 heterocycles. The molecule has 7 nitrogen and oxygen atoms in total. The number of piperidine rings is 1. The highest BCUT2D eigenvalue weighted by Crippen LogP contribution is 2.38. The molecule has 190 valence electrons. The smallest absolute Gasteiger partial charge is 0.257 e. The van der Waals surface area contributed by atoms with Gasteiger partial charge in [-0.3, -0.25) is 14.3 Å². The van der Waals surface area contributed by atoms with Gasteiger partial charge in [-0.25, -0.2) is 0 Å². The second kappa shape index (κ2) is 11.7. The van der Waals surface area contributed by atoms with E-state index >= 15 is 0 Å². The fourth-order valence-corrected chi connectivity index (χ4v) is 5.53. The van der Waals surface area contributed by atoms with E-state index in [1.165, 1.54) is 5.56 Å². The Morgan fingerprint density at radius 2 is 1.89 bits per heavy atom. The van der Waals surface area contributed by atoms with Crippen LogP contribution in [0.5, 0.6) is 5.75 Å². The van der Waals surface area contributed by atoms with Crippen LogP contribution < -0.4 is 4.74 Å². The van der Waals surface area contributed by atoms with Crippen LogP contribution in [0.25, 0.3) is 0 Å². The number of carbonyl (C=O) groups is 2. The number of rotatable bonds is 3. The molecule has 0 atom stereocenters. The van der Waals surface area contributed by atoms with Crippen molar-refractivity contribution in [2.24, 2.45) is 5.41 Å². The van der Waals surface area contributed by atoms with Gasteiger partial charge in [0.05, 0.1) is 18.4 Å². The van der Waals surface area contributed by atoms with Crippen molar-refractivity contribution in [3.05, 3.63) is 47.8 Å². The molecule has 2 aliphatic heterocycles. The molecule has 1 aromatic carbocycles. The van der Waals surface area contributed by atoms with Crippen LogP contribution in [0.2, 0.25) is 0 Å². The zero-order valence-electron chi connectivity index (χ0n) is 21.4. The van der Waals surface area contributed by atoms with E-state index in [1.54, 1.807) is 6.20 Å². The molecule has 1 fully saturated rings. The molecule has 0 saturated carbocycles. The Morgan fingerprint density at radius 3 is 2.69 bits per heavy atom. The lowest BCUT2D eigenvalue weighted by Gasteiger charge is -2.44. The first-order valence-corrected chi connectivity index (χ1v) is 13.3. The molecular weight excluding hydrogens is 440 g/mol. The van der Waals surface area contributed by atoms with Crippen molar-refractivity contribution < 1.29 is 14.3 Å². The molecule has 0 bridgehead atoms. The van der Waals surface area contributed by atoms with Crippen molar-refractivity contribution in [1.29, 1.82) is 0 Å². The first-order valence-electron chi connectivity index (χ1n) is 13.3. The SMILES string of the molecule is CCCn1cc(C(=O)N2CCC3(CCCCc4ccccc4OCCCC(=O)N(C)C3)CC2)cn1. The second-order valence-corrected chi connectivity index (χ2v) is 10.3. The van der Waals surface area contributed by atoms with Crippen LogP contribution in [0, 0.1) is 5.41 Å². The number of aryl methyl sites for hydroxylation is 2. The van der Waals surface area contributed by atoms with E-state index in [0.717, 1.165) is 83.3 Å². The zero-order valence-corrected chi connectivity index (χ0v) is 21.4. The highest BCUT2D eigenvalue weighted by Gasteiger charge is 2.37. The molecule has 0 aliphatic carbocycles. The summed E-state index contributed by atoms with van der Waals surface area (Å²) in [6, 6.07) is 8.28. The van der Waals surface area contributed by atoms with Gasteiger partial charge in [0, 0.05) is 45.8 Å². The summed E-state index contributed by atoms with van der Waals surface area (Å²) in [5.41, 5.74) is 1.99. The molecular formula is C28H40N4O3. The quantitative estimate of drug-likeness (QED) is 0.646. The molecule has 1 spiro atoms. The van der Waals surface area contributed by atoms with E-state index in [9.17, 15) is 9.59 Å². The van der Waals surface area contributed by atoms with Gasteiger partial charge in [0.2, 0.25) is 5.91 Å². The number of amides is 2. The number of hydrogen-bond acceptors (Lipinski definition) is 4. The number of aromatic nitrogens is 2. The van der Waals surface area contributed by atoms with Crippen LogP contribution in [-0.2, 0) is 17.8 Å². The third kappa shape index (κ3) is 6.44. The number of fused-ring (bicyclic) bond motifs is 1. The van der Waals surface area contributed by atoms with E-state index in [2.05, 4.69) is 24.2 Å². The van der Waals surface area contributed by atoms with Gasteiger partial charge in [-0.2, -0.15) is 5.10 Å². The molecule has 2 aliphatic rings. The topological polar surface area (TPSA) is 67.7 Å². The molecule has 1 aromatic heterocycles. The van der Waals surface area contributed by atoms with Gasteiger partial charge in [0.15, 0.2) is 0 Å². The standard InChI is InChI=1S/C28H40N4O3/c1-3-16-32-21-24(20-29-32)27(34)31-17-14-28(15-18-31)13-7-6-10-23-9-4-5-11-25(23)35-19-8-12-26(33)30(2)22-28/h4-5,9,11,20-21H,3,6-8,10,12-19,22H2,1-2H3. The lowest BCUT2D eigenvalue weighted by atomic mass is 9.73. The number of benzene rings is 1. The van der Waals surface area contributed by atoms with Gasteiger partial charge in [-0.05, 0) is 62.0 Å². The average Bonchev–Trinajstić information content (AvgIpc) is 3.33. The summed E-state index contributed by atoms with van der Waals surface area (Å²) in [5, 5.41) is 4.33. The first kappa shape index (κ1) is 25.3. The Hall–Kier alpha value is -2.83. The van der Waals surface area contributed by atoms with Gasteiger partial charge >= 0.3 is 0 Å². The maximum atomic E-state index is 13.1. The van der Waals surface area contributed by atoms with Crippen molar-refractivity contribution in [3.63, 3.8) is 0 Å². The Kier molecular flexibility index (Phi) is 8.47. The summed E-state index contributed by atoms with van der Waals surface area (Å²) in [5.74, 6) is 1.21. The molecule has 1 saturated heterocycles. The van der Waals surface area contributed by atoms with E-state index < -0.39 is 0 Å². The van der Waals surface area contributed by atoms with Crippen molar-refractivity contribution in [2.45, 2.75) is 71.3 Å². The average molecular weight is 481 g/mol. The molecule has 0 unspecified atom stereocenters. The number of hydrogen-bond donors (Lipinski definition) is 0. The fourth-order valence-electron chi connectivity index (χ4n) is 5.53. The number of nitrogens with zero attached hydrogens (tertiary/aromatic N) is 4. The summed E-state index contributed by atoms with van der Waals surface area (Å²) in [4.78, 5) is 29.9. The molecule has 2 aromatic rings. The minimum absolute atomic E-state index is 0.0632. The number of carbonyl (C=O) groups excluding carboxylic acids is 2. The van der Waals surface area contributed by atoms with E-state index in [1.807, 2.05) is 39.9 Å². The number of para-hydroxylation sites is 1. The van der Waals surface area contributed by atoms with Gasteiger partial charge in [-0.1, -0.05) is 31.5 Å². The van der Waals surface area contributed by atoms with E-state index in [-0.39, 0.29) is 17.2 Å². The summed E-state index contributed by atoms with van der Waals surface area (Å²) < 4.78 is 7.84. The Bertz CT molecular complexity index is 994. The minimum Gasteiger partial charge on any atom is -0.493 e. The predicted octanol–water partition coefficient (Wildman–Crippen LogP) is 4.56. The number of ether oxygens (including phenoxy) is 1. The molecule has 35 heavy (non-hydrogen) atoms. The van der Waals surface area contributed by atoms with Crippen molar-refractivity contribution in [2.75, 3.05) is 33.3 Å². The minimum atomic E-state index is 0.0632. The Labute approximate surface area is 209 Å². The third-order valence-corrected chi connectivity index (χ3v) is 7.61. The van der Waals surface area contributed by atoms with Crippen molar-refractivity contribution >= 4 is 11.8 Å². The molecule has 4 rings (SSSR count). The van der Waals surface area contributed by atoms with Crippen LogP contribution in [0.1, 0.15) is 74.2 Å². The normalized spacial score (nSPS) is 19.7.